The second-order valence-electron chi connectivity index (χ2n) is 8.45. The average molecular weight is 379 g/mol. The fourth-order valence-corrected chi connectivity index (χ4v) is 2.30. The second kappa shape index (κ2) is 7.56. The zero-order chi connectivity index (χ0) is 20.5. The lowest BCUT2D eigenvalue weighted by molar-refractivity contribution is 0.00578. The van der Waals surface area contributed by atoms with Gasteiger partial charge >= 0.3 is 19.3 Å². The van der Waals surface area contributed by atoms with E-state index < -0.39 is 36.1 Å². The van der Waals surface area contributed by atoms with Crippen LogP contribution in [0.3, 0.4) is 0 Å². The third-order valence-corrected chi connectivity index (χ3v) is 4.38. The predicted molar refractivity (Wildman–Crippen MR) is 100 cm³/mol. The van der Waals surface area contributed by atoms with Crippen LogP contribution >= 0.6 is 0 Å². The SMILES string of the molecule is CC(C)(C)OC(=O)NCC(=Cc1cnc(F)nc1)B1OC(C)(C)C(C)(C)O1. The van der Waals surface area contributed by atoms with E-state index in [1.165, 1.54) is 12.4 Å². The number of ether oxygens (including phenoxy) is 1. The van der Waals surface area contributed by atoms with Crippen LogP contribution in [0.1, 0.15) is 54.0 Å². The highest BCUT2D eigenvalue weighted by Crippen LogP contribution is 2.38. The van der Waals surface area contributed by atoms with Crippen LogP contribution in [0.2, 0.25) is 0 Å². The summed E-state index contributed by atoms with van der Waals surface area (Å²) in [5.74, 6) is 0. The second-order valence-corrected chi connectivity index (χ2v) is 8.45. The van der Waals surface area contributed by atoms with Gasteiger partial charge in [-0.15, -0.1) is 0 Å². The Bertz CT molecular complexity index is 698. The minimum atomic E-state index is -0.809. The van der Waals surface area contributed by atoms with Crippen LogP contribution in [0, 0.1) is 6.08 Å². The molecule has 148 valence electrons. The molecular weight excluding hydrogens is 352 g/mol. The van der Waals surface area contributed by atoms with Crippen molar-refractivity contribution in [3.8, 4) is 0 Å². The van der Waals surface area contributed by atoms with Gasteiger partial charge in [-0.2, -0.15) is 4.39 Å². The maximum Gasteiger partial charge on any atom is 0.492 e. The van der Waals surface area contributed by atoms with Crippen LogP contribution in [-0.4, -0.2) is 46.5 Å². The van der Waals surface area contributed by atoms with Gasteiger partial charge < -0.3 is 19.4 Å². The van der Waals surface area contributed by atoms with Gasteiger partial charge in [-0.3, -0.25) is 0 Å². The van der Waals surface area contributed by atoms with Crippen molar-refractivity contribution in [1.82, 2.24) is 15.3 Å². The molecule has 1 aliphatic rings. The highest BCUT2D eigenvalue weighted by Gasteiger charge is 2.52. The van der Waals surface area contributed by atoms with Gasteiger partial charge in [-0.1, -0.05) is 6.08 Å². The smallest absolute Gasteiger partial charge is 0.444 e. The number of nitrogens with zero attached hydrogens (tertiary/aromatic N) is 2. The lowest BCUT2D eigenvalue weighted by Gasteiger charge is -2.32. The monoisotopic (exact) mass is 379 g/mol. The molecule has 7 nitrogen and oxygen atoms in total. The fourth-order valence-electron chi connectivity index (χ4n) is 2.30. The van der Waals surface area contributed by atoms with Crippen molar-refractivity contribution in [3.05, 3.63) is 29.5 Å². The standard InChI is InChI=1S/C18H27BFN3O4/c1-16(2,3)25-15(24)23-11-13(8-12-9-21-14(20)22-10-12)19-26-17(4,5)18(6,7)27-19/h8-10H,11H2,1-7H3,(H,23,24). The van der Waals surface area contributed by atoms with Gasteiger partial charge in [0.05, 0.1) is 11.2 Å². The summed E-state index contributed by atoms with van der Waals surface area (Å²) in [6.45, 7) is 13.2. The summed E-state index contributed by atoms with van der Waals surface area (Å²) in [7, 11) is -0.685. The number of rotatable bonds is 4. The molecule has 27 heavy (non-hydrogen) atoms. The van der Waals surface area contributed by atoms with Crippen LogP contribution in [-0.2, 0) is 14.0 Å². The Labute approximate surface area is 159 Å². The number of carbonyl (C=O) groups excluding carboxylic acids is 1. The molecule has 1 fully saturated rings. The summed E-state index contributed by atoms with van der Waals surface area (Å²) >= 11 is 0. The van der Waals surface area contributed by atoms with Crippen molar-refractivity contribution in [2.24, 2.45) is 0 Å². The first-order valence-corrected chi connectivity index (χ1v) is 8.80. The summed E-state index contributed by atoms with van der Waals surface area (Å²) in [6, 6.07) is 0. The largest absolute Gasteiger partial charge is 0.492 e. The minimum absolute atomic E-state index is 0.128. The molecule has 1 aromatic rings. The summed E-state index contributed by atoms with van der Waals surface area (Å²) in [5, 5.41) is 2.70. The molecule has 2 heterocycles. The number of hydrogen-bond donors (Lipinski definition) is 1. The molecule has 0 unspecified atom stereocenters. The lowest BCUT2D eigenvalue weighted by atomic mass is 9.77. The number of amides is 1. The summed E-state index contributed by atoms with van der Waals surface area (Å²) in [6.07, 6.45) is 3.04. The van der Waals surface area contributed by atoms with Crippen LogP contribution in [0.5, 0.6) is 0 Å². The van der Waals surface area contributed by atoms with Crippen molar-refractivity contribution in [1.29, 1.82) is 0 Å². The van der Waals surface area contributed by atoms with Crippen molar-refractivity contribution >= 4 is 19.3 Å². The molecule has 0 radical (unpaired) electrons. The predicted octanol–water partition coefficient (Wildman–Crippen LogP) is 3.16. The first kappa shape index (κ1) is 21.3. The molecule has 0 aromatic carbocycles. The molecule has 0 atom stereocenters. The normalized spacial score (nSPS) is 19.1. The van der Waals surface area contributed by atoms with E-state index in [0.717, 1.165) is 0 Å². The van der Waals surface area contributed by atoms with Gasteiger partial charge in [-0.25, -0.2) is 14.8 Å². The van der Waals surface area contributed by atoms with E-state index in [2.05, 4.69) is 15.3 Å². The molecule has 1 saturated heterocycles. The third-order valence-electron chi connectivity index (χ3n) is 4.38. The topological polar surface area (TPSA) is 82.6 Å². The van der Waals surface area contributed by atoms with E-state index in [9.17, 15) is 9.18 Å². The third kappa shape index (κ3) is 5.74. The molecule has 1 aliphatic heterocycles. The summed E-state index contributed by atoms with van der Waals surface area (Å²) < 4.78 is 30.4. The highest BCUT2D eigenvalue weighted by atomic mass is 19.1. The van der Waals surface area contributed by atoms with Crippen LogP contribution < -0.4 is 5.32 Å². The first-order valence-electron chi connectivity index (χ1n) is 8.80. The molecule has 1 amide bonds. The number of hydrogen-bond acceptors (Lipinski definition) is 6. The zero-order valence-electron chi connectivity index (χ0n) is 16.9. The molecule has 1 aromatic heterocycles. The Hall–Kier alpha value is -2.00. The van der Waals surface area contributed by atoms with Crippen molar-refractivity contribution in [2.45, 2.75) is 65.3 Å². The first-order chi connectivity index (χ1) is 12.3. The Kier molecular flexibility index (Phi) is 5.96. The number of halogens is 1. The van der Waals surface area contributed by atoms with E-state index in [1.54, 1.807) is 26.8 Å². The van der Waals surface area contributed by atoms with E-state index >= 15 is 0 Å². The Morgan fingerprint density at radius 3 is 2.22 bits per heavy atom. The van der Waals surface area contributed by atoms with Gasteiger partial charge in [0, 0.05) is 24.5 Å². The van der Waals surface area contributed by atoms with E-state index in [-0.39, 0.29) is 6.54 Å². The molecule has 0 spiro atoms. The zero-order valence-corrected chi connectivity index (χ0v) is 16.9. The molecule has 9 heteroatoms. The van der Waals surface area contributed by atoms with Crippen molar-refractivity contribution in [3.63, 3.8) is 0 Å². The number of alkyl carbamates (subject to hydrolysis) is 1. The highest BCUT2D eigenvalue weighted by molar-refractivity contribution is 6.56. The van der Waals surface area contributed by atoms with Crippen molar-refractivity contribution < 1.29 is 23.2 Å². The van der Waals surface area contributed by atoms with Gasteiger partial charge in [0.1, 0.15) is 5.60 Å². The molecule has 2 rings (SSSR count). The Morgan fingerprint density at radius 1 is 1.22 bits per heavy atom. The Balaban J connectivity index is 2.22. The molecular formula is C18H27BFN3O4. The summed E-state index contributed by atoms with van der Waals surface area (Å²) in [5.41, 5.74) is -0.491. The maximum absolute atomic E-state index is 13.0. The van der Waals surface area contributed by atoms with Crippen molar-refractivity contribution in [2.75, 3.05) is 6.54 Å². The number of nitrogens with one attached hydrogen (secondary N) is 1. The maximum atomic E-state index is 13.0. The molecule has 0 aliphatic carbocycles. The minimum Gasteiger partial charge on any atom is -0.444 e. The van der Waals surface area contributed by atoms with Gasteiger partial charge in [0.2, 0.25) is 0 Å². The fraction of sp³-hybridized carbons (Fsp3) is 0.611. The van der Waals surface area contributed by atoms with Gasteiger partial charge in [0.25, 0.3) is 0 Å². The lowest BCUT2D eigenvalue weighted by Crippen LogP contribution is -2.41. The molecule has 0 bridgehead atoms. The van der Waals surface area contributed by atoms with Gasteiger partial charge in [-0.05, 0) is 53.9 Å². The molecule has 0 saturated carbocycles. The number of aromatic nitrogens is 2. The molecule has 1 N–H and O–H groups in total. The average Bonchev–Trinajstić information content (AvgIpc) is 2.72. The van der Waals surface area contributed by atoms with E-state index in [4.69, 9.17) is 14.0 Å². The van der Waals surface area contributed by atoms with E-state index in [0.29, 0.717) is 11.0 Å². The van der Waals surface area contributed by atoms with Crippen LogP contribution in [0.15, 0.2) is 17.9 Å². The van der Waals surface area contributed by atoms with E-state index in [1.807, 2.05) is 27.7 Å². The van der Waals surface area contributed by atoms with Crippen LogP contribution in [0.4, 0.5) is 9.18 Å². The van der Waals surface area contributed by atoms with Gasteiger partial charge in [0.15, 0.2) is 0 Å². The quantitative estimate of drug-likeness (QED) is 0.639. The van der Waals surface area contributed by atoms with Crippen LogP contribution in [0.25, 0.3) is 6.08 Å². The summed E-state index contributed by atoms with van der Waals surface area (Å²) in [4.78, 5) is 19.1. The Morgan fingerprint density at radius 2 is 1.74 bits per heavy atom. The number of carbonyl (C=O) groups is 1.